The average Bonchev–Trinajstić information content (AvgIpc) is 3.02. The summed E-state index contributed by atoms with van der Waals surface area (Å²) in [4.78, 5) is 5.39. The number of rotatable bonds is 6. The highest BCUT2D eigenvalue weighted by molar-refractivity contribution is 7.12. The number of benzene rings is 1. The number of hydrogen-bond acceptors (Lipinski definition) is 3. The Labute approximate surface area is 131 Å². The molecule has 1 N–H and O–H groups in total. The molecule has 1 aliphatic rings. The first-order chi connectivity index (χ1) is 10.2. The molecule has 3 rings (SSSR count). The standard InChI is InChI=1S/C18H24N2S/c1-14-12-17(15(2)21-14)13-19-9-5-10-20-11-8-16-6-3-4-7-18(16)20/h3-4,6-7,12,19H,5,8-11,13H2,1-2H3. The minimum absolute atomic E-state index is 1.01. The fourth-order valence-corrected chi connectivity index (χ4v) is 4.06. The van der Waals surface area contributed by atoms with Crippen LogP contribution < -0.4 is 10.2 Å². The number of anilines is 1. The van der Waals surface area contributed by atoms with Gasteiger partial charge in [-0.3, -0.25) is 0 Å². The number of nitrogens with zero attached hydrogens (tertiary/aromatic N) is 1. The third-order valence-corrected chi connectivity index (χ3v) is 5.23. The zero-order valence-corrected chi connectivity index (χ0v) is 13.8. The van der Waals surface area contributed by atoms with Crippen LogP contribution in [0.5, 0.6) is 0 Å². The predicted octanol–water partition coefficient (Wildman–Crippen LogP) is 3.91. The molecule has 1 aromatic carbocycles. The first-order valence-corrected chi connectivity index (χ1v) is 8.65. The van der Waals surface area contributed by atoms with E-state index in [1.165, 1.54) is 46.0 Å². The number of para-hydroxylation sites is 1. The van der Waals surface area contributed by atoms with Crippen molar-refractivity contribution >= 4 is 17.0 Å². The van der Waals surface area contributed by atoms with Crippen LogP contribution in [0.1, 0.15) is 27.3 Å². The topological polar surface area (TPSA) is 15.3 Å². The zero-order chi connectivity index (χ0) is 14.7. The summed E-state index contributed by atoms with van der Waals surface area (Å²) in [6.07, 6.45) is 2.41. The molecular formula is C18H24N2S. The molecule has 0 unspecified atom stereocenters. The van der Waals surface area contributed by atoms with Crippen molar-refractivity contribution < 1.29 is 0 Å². The van der Waals surface area contributed by atoms with Crippen molar-refractivity contribution in [1.82, 2.24) is 5.32 Å². The number of thiophene rings is 1. The Morgan fingerprint density at radius 1 is 1.24 bits per heavy atom. The summed E-state index contributed by atoms with van der Waals surface area (Å²) in [5, 5.41) is 3.58. The normalized spacial score (nSPS) is 13.7. The third-order valence-electron chi connectivity index (χ3n) is 4.22. The van der Waals surface area contributed by atoms with E-state index in [-0.39, 0.29) is 0 Å². The molecule has 0 radical (unpaired) electrons. The quantitative estimate of drug-likeness (QED) is 0.814. The van der Waals surface area contributed by atoms with Crippen LogP contribution in [-0.4, -0.2) is 19.6 Å². The fourth-order valence-electron chi connectivity index (χ4n) is 3.12. The van der Waals surface area contributed by atoms with Crippen LogP contribution in [0, 0.1) is 13.8 Å². The van der Waals surface area contributed by atoms with E-state index in [0.717, 1.165) is 19.6 Å². The van der Waals surface area contributed by atoms with Gasteiger partial charge in [0, 0.05) is 35.1 Å². The van der Waals surface area contributed by atoms with Crippen LogP contribution in [0.3, 0.4) is 0 Å². The molecule has 0 amide bonds. The summed E-state index contributed by atoms with van der Waals surface area (Å²) in [6, 6.07) is 11.1. The zero-order valence-electron chi connectivity index (χ0n) is 13.0. The lowest BCUT2D eigenvalue weighted by Crippen LogP contribution is -2.25. The van der Waals surface area contributed by atoms with E-state index in [4.69, 9.17) is 0 Å². The van der Waals surface area contributed by atoms with Gasteiger partial charge in [0.2, 0.25) is 0 Å². The summed E-state index contributed by atoms with van der Waals surface area (Å²) in [7, 11) is 0. The molecule has 1 aliphatic heterocycles. The Kier molecular flexibility index (Phi) is 4.61. The maximum Gasteiger partial charge on any atom is 0.0399 e. The summed E-state index contributed by atoms with van der Waals surface area (Å²) >= 11 is 1.90. The molecule has 0 atom stereocenters. The minimum atomic E-state index is 1.01. The van der Waals surface area contributed by atoms with Crippen molar-refractivity contribution in [2.75, 3.05) is 24.5 Å². The van der Waals surface area contributed by atoms with E-state index >= 15 is 0 Å². The third kappa shape index (κ3) is 3.47. The largest absolute Gasteiger partial charge is 0.371 e. The van der Waals surface area contributed by atoms with E-state index in [0.29, 0.717) is 0 Å². The van der Waals surface area contributed by atoms with E-state index in [2.05, 4.69) is 54.4 Å². The summed E-state index contributed by atoms with van der Waals surface area (Å²) in [6.45, 7) is 8.84. The first-order valence-electron chi connectivity index (χ1n) is 7.83. The SMILES string of the molecule is Cc1cc(CNCCCN2CCc3ccccc32)c(C)s1. The number of nitrogens with one attached hydrogen (secondary N) is 1. The van der Waals surface area contributed by atoms with Crippen LogP contribution in [-0.2, 0) is 13.0 Å². The van der Waals surface area contributed by atoms with Crippen molar-refractivity contribution in [2.24, 2.45) is 0 Å². The Hall–Kier alpha value is -1.32. The highest BCUT2D eigenvalue weighted by atomic mass is 32.1. The van der Waals surface area contributed by atoms with Gasteiger partial charge in [0.1, 0.15) is 0 Å². The first kappa shape index (κ1) is 14.6. The monoisotopic (exact) mass is 300 g/mol. The van der Waals surface area contributed by atoms with Crippen molar-refractivity contribution in [3.05, 3.63) is 51.2 Å². The Bertz CT molecular complexity index is 603. The molecule has 1 aromatic heterocycles. The maximum atomic E-state index is 3.58. The molecule has 0 bridgehead atoms. The molecule has 21 heavy (non-hydrogen) atoms. The lowest BCUT2D eigenvalue weighted by molar-refractivity contribution is 0.638. The Morgan fingerprint density at radius 2 is 2.10 bits per heavy atom. The Morgan fingerprint density at radius 3 is 2.90 bits per heavy atom. The van der Waals surface area contributed by atoms with Crippen LogP contribution in [0.25, 0.3) is 0 Å². The van der Waals surface area contributed by atoms with Gasteiger partial charge >= 0.3 is 0 Å². The molecule has 2 aromatic rings. The van der Waals surface area contributed by atoms with Gasteiger partial charge in [-0.25, -0.2) is 0 Å². The molecular weight excluding hydrogens is 276 g/mol. The lowest BCUT2D eigenvalue weighted by Gasteiger charge is -2.19. The molecule has 2 heterocycles. The maximum absolute atomic E-state index is 3.58. The lowest BCUT2D eigenvalue weighted by atomic mass is 10.2. The van der Waals surface area contributed by atoms with Gasteiger partial charge in [-0.1, -0.05) is 18.2 Å². The van der Waals surface area contributed by atoms with Crippen molar-refractivity contribution in [3.8, 4) is 0 Å². The van der Waals surface area contributed by atoms with Crippen molar-refractivity contribution in [2.45, 2.75) is 33.2 Å². The van der Waals surface area contributed by atoms with Gasteiger partial charge in [0.05, 0.1) is 0 Å². The predicted molar refractivity (Wildman–Crippen MR) is 92.5 cm³/mol. The fraction of sp³-hybridized carbons (Fsp3) is 0.444. The highest BCUT2D eigenvalue weighted by Gasteiger charge is 2.17. The van der Waals surface area contributed by atoms with E-state index in [1.54, 1.807) is 0 Å². The Balaban J connectivity index is 1.40. The van der Waals surface area contributed by atoms with Crippen LogP contribution in [0.2, 0.25) is 0 Å². The summed E-state index contributed by atoms with van der Waals surface area (Å²) < 4.78 is 0. The molecule has 2 nitrogen and oxygen atoms in total. The van der Waals surface area contributed by atoms with E-state index in [1.807, 2.05) is 11.3 Å². The van der Waals surface area contributed by atoms with Crippen LogP contribution in [0.4, 0.5) is 5.69 Å². The van der Waals surface area contributed by atoms with Crippen molar-refractivity contribution in [3.63, 3.8) is 0 Å². The van der Waals surface area contributed by atoms with Gasteiger partial charge in [-0.2, -0.15) is 0 Å². The van der Waals surface area contributed by atoms with Gasteiger partial charge in [0.15, 0.2) is 0 Å². The van der Waals surface area contributed by atoms with Crippen LogP contribution >= 0.6 is 11.3 Å². The van der Waals surface area contributed by atoms with Crippen molar-refractivity contribution in [1.29, 1.82) is 0 Å². The number of hydrogen-bond donors (Lipinski definition) is 1. The molecule has 0 spiro atoms. The van der Waals surface area contributed by atoms with Gasteiger partial charge < -0.3 is 10.2 Å². The van der Waals surface area contributed by atoms with E-state index in [9.17, 15) is 0 Å². The molecule has 0 fully saturated rings. The molecule has 112 valence electrons. The summed E-state index contributed by atoms with van der Waals surface area (Å²) in [5.74, 6) is 0. The smallest absolute Gasteiger partial charge is 0.0399 e. The summed E-state index contributed by atoms with van der Waals surface area (Å²) in [5.41, 5.74) is 4.42. The molecule has 0 saturated heterocycles. The minimum Gasteiger partial charge on any atom is -0.371 e. The molecule has 0 saturated carbocycles. The average molecular weight is 300 g/mol. The second-order valence-corrected chi connectivity index (χ2v) is 7.30. The van der Waals surface area contributed by atoms with Gasteiger partial charge in [0.25, 0.3) is 0 Å². The number of fused-ring (bicyclic) bond motifs is 1. The second-order valence-electron chi connectivity index (χ2n) is 5.83. The highest BCUT2D eigenvalue weighted by Crippen LogP contribution is 2.27. The number of aryl methyl sites for hydroxylation is 2. The molecule has 3 heteroatoms. The molecule has 0 aliphatic carbocycles. The van der Waals surface area contributed by atoms with E-state index < -0.39 is 0 Å². The van der Waals surface area contributed by atoms with Crippen LogP contribution in [0.15, 0.2) is 30.3 Å². The van der Waals surface area contributed by atoms with Gasteiger partial charge in [-0.05, 0) is 56.5 Å². The second kappa shape index (κ2) is 6.63. The van der Waals surface area contributed by atoms with Gasteiger partial charge in [-0.15, -0.1) is 11.3 Å².